The molecule has 1 aromatic rings. The standard InChI is InChI=1S/C15H21FO/c1-3-11-5-6-12(9-11)15(17)13-8-10(2)4-7-14(13)16/h4,7-8,11-12,15,17H,3,5-6,9H2,1-2H3. The van der Waals surface area contributed by atoms with E-state index in [0.717, 1.165) is 18.4 Å². The van der Waals surface area contributed by atoms with Gasteiger partial charge in [-0.2, -0.15) is 0 Å². The van der Waals surface area contributed by atoms with Gasteiger partial charge in [0.15, 0.2) is 0 Å². The maximum atomic E-state index is 13.7. The molecule has 0 heterocycles. The quantitative estimate of drug-likeness (QED) is 0.841. The van der Waals surface area contributed by atoms with Crippen LogP contribution in [0.25, 0.3) is 0 Å². The molecule has 1 nitrogen and oxygen atoms in total. The summed E-state index contributed by atoms with van der Waals surface area (Å²) in [6.45, 7) is 4.12. The van der Waals surface area contributed by atoms with Crippen molar-refractivity contribution in [3.05, 3.63) is 35.1 Å². The van der Waals surface area contributed by atoms with Crippen molar-refractivity contribution in [2.75, 3.05) is 0 Å². The highest BCUT2D eigenvalue weighted by Gasteiger charge is 2.30. The van der Waals surface area contributed by atoms with Gasteiger partial charge in [-0.3, -0.25) is 0 Å². The van der Waals surface area contributed by atoms with Gasteiger partial charge in [0.05, 0.1) is 6.10 Å². The van der Waals surface area contributed by atoms with Crippen LogP contribution in [-0.4, -0.2) is 5.11 Å². The molecule has 17 heavy (non-hydrogen) atoms. The van der Waals surface area contributed by atoms with Gasteiger partial charge < -0.3 is 5.11 Å². The summed E-state index contributed by atoms with van der Waals surface area (Å²) in [5.74, 6) is 0.668. The van der Waals surface area contributed by atoms with E-state index in [1.165, 1.54) is 18.9 Å². The second-order valence-corrected chi connectivity index (χ2v) is 5.32. The summed E-state index contributed by atoms with van der Waals surface area (Å²) < 4.78 is 13.7. The lowest BCUT2D eigenvalue weighted by molar-refractivity contribution is 0.105. The summed E-state index contributed by atoms with van der Waals surface area (Å²) in [4.78, 5) is 0. The van der Waals surface area contributed by atoms with E-state index >= 15 is 0 Å². The highest BCUT2D eigenvalue weighted by atomic mass is 19.1. The molecule has 1 saturated carbocycles. The minimum absolute atomic E-state index is 0.233. The van der Waals surface area contributed by atoms with E-state index in [0.29, 0.717) is 11.5 Å². The number of benzene rings is 1. The number of hydrogen-bond donors (Lipinski definition) is 1. The minimum Gasteiger partial charge on any atom is -0.388 e. The lowest BCUT2D eigenvalue weighted by Crippen LogP contribution is -2.11. The fourth-order valence-electron chi connectivity index (χ4n) is 2.91. The Morgan fingerprint density at radius 3 is 2.82 bits per heavy atom. The lowest BCUT2D eigenvalue weighted by Gasteiger charge is -2.19. The summed E-state index contributed by atoms with van der Waals surface area (Å²) in [5.41, 5.74) is 1.48. The van der Waals surface area contributed by atoms with Gasteiger partial charge in [-0.25, -0.2) is 4.39 Å². The maximum absolute atomic E-state index is 13.7. The molecule has 1 fully saturated rings. The summed E-state index contributed by atoms with van der Waals surface area (Å²) in [5, 5.41) is 10.3. The Hall–Kier alpha value is -0.890. The molecule has 0 spiro atoms. The molecule has 0 aliphatic heterocycles. The predicted octanol–water partition coefficient (Wildman–Crippen LogP) is 3.99. The Bertz CT molecular complexity index is 389. The molecule has 1 aromatic carbocycles. The molecule has 1 aliphatic carbocycles. The third-order valence-corrected chi connectivity index (χ3v) is 4.08. The molecular weight excluding hydrogens is 215 g/mol. The van der Waals surface area contributed by atoms with Crippen LogP contribution in [0.4, 0.5) is 4.39 Å². The van der Waals surface area contributed by atoms with Crippen LogP contribution in [0.5, 0.6) is 0 Å². The number of rotatable bonds is 3. The van der Waals surface area contributed by atoms with Crippen LogP contribution < -0.4 is 0 Å². The zero-order valence-corrected chi connectivity index (χ0v) is 10.6. The molecule has 1 aliphatic rings. The third-order valence-electron chi connectivity index (χ3n) is 4.08. The molecule has 0 aromatic heterocycles. The van der Waals surface area contributed by atoms with Gasteiger partial charge in [-0.1, -0.05) is 37.5 Å². The molecule has 0 radical (unpaired) electrons. The van der Waals surface area contributed by atoms with Crippen molar-refractivity contribution < 1.29 is 9.50 Å². The van der Waals surface area contributed by atoms with Crippen molar-refractivity contribution in [3.63, 3.8) is 0 Å². The zero-order chi connectivity index (χ0) is 12.4. The van der Waals surface area contributed by atoms with Crippen LogP contribution in [0.1, 0.15) is 49.8 Å². The minimum atomic E-state index is -0.633. The van der Waals surface area contributed by atoms with Crippen LogP contribution in [0, 0.1) is 24.6 Å². The van der Waals surface area contributed by atoms with Gasteiger partial charge in [0, 0.05) is 5.56 Å². The normalized spacial score (nSPS) is 26.1. The number of aliphatic hydroxyl groups is 1. The first-order chi connectivity index (χ1) is 8.11. The Morgan fingerprint density at radius 1 is 1.41 bits per heavy atom. The van der Waals surface area contributed by atoms with Crippen molar-refractivity contribution in [2.45, 2.75) is 45.6 Å². The van der Waals surface area contributed by atoms with Crippen molar-refractivity contribution in [1.29, 1.82) is 0 Å². The summed E-state index contributed by atoms with van der Waals surface area (Å²) >= 11 is 0. The van der Waals surface area contributed by atoms with Crippen molar-refractivity contribution in [2.24, 2.45) is 11.8 Å². The van der Waals surface area contributed by atoms with Gasteiger partial charge in [-0.15, -0.1) is 0 Å². The summed E-state index contributed by atoms with van der Waals surface area (Å²) in [6, 6.07) is 4.98. The van der Waals surface area contributed by atoms with Crippen LogP contribution in [0.3, 0.4) is 0 Å². The van der Waals surface area contributed by atoms with E-state index in [4.69, 9.17) is 0 Å². The monoisotopic (exact) mass is 236 g/mol. The average Bonchev–Trinajstić information content (AvgIpc) is 2.80. The molecule has 3 unspecified atom stereocenters. The summed E-state index contributed by atoms with van der Waals surface area (Å²) in [7, 11) is 0. The predicted molar refractivity (Wildman–Crippen MR) is 67.2 cm³/mol. The molecule has 1 N–H and O–H groups in total. The average molecular weight is 236 g/mol. The summed E-state index contributed by atoms with van der Waals surface area (Å²) in [6.07, 6.45) is 3.76. The van der Waals surface area contributed by atoms with Crippen molar-refractivity contribution in [1.82, 2.24) is 0 Å². The van der Waals surface area contributed by atoms with Gasteiger partial charge >= 0.3 is 0 Å². The number of aliphatic hydroxyl groups excluding tert-OH is 1. The third kappa shape index (κ3) is 2.68. The van der Waals surface area contributed by atoms with E-state index in [1.54, 1.807) is 12.1 Å². The molecule has 0 amide bonds. The Morgan fingerprint density at radius 2 is 2.18 bits per heavy atom. The molecule has 2 rings (SSSR count). The first-order valence-corrected chi connectivity index (χ1v) is 6.56. The molecule has 94 valence electrons. The molecule has 3 atom stereocenters. The number of hydrogen-bond acceptors (Lipinski definition) is 1. The largest absolute Gasteiger partial charge is 0.388 e. The van der Waals surface area contributed by atoms with Crippen LogP contribution in [0.2, 0.25) is 0 Å². The fourth-order valence-corrected chi connectivity index (χ4v) is 2.91. The Balaban J connectivity index is 2.14. The molecule has 2 heteroatoms. The Kier molecular flexibility index (Phi) is 3.82. The second kappa shape index (κ2) is 5.18. The van der Waals surface area contributed by atoms with Gasteiger partial charge in [0.25, 0.3) is 0 Å². The highest BCUT2D eigenvalue weighted by molar-refractivity contribution is 5.26. The fraction of sp³-hybridized carbons (Fsp3) is 0.600. The molecular formula is C15H21FO. The number of aryl methyl sites for hydroxylation is 1. The Labute approximate surface area is 103 Å². The van der Waals surface area contributed by atoms with Crippen molar-refractivity contribution in [3.8, 4) is 0 Å². The second-order valence-electron chi connectivity index (χ2n) is 5.32. The van der Waals surface area contributed by atoms with Crippen LogP contribution in [-0.2, 0) is 0 Å². The first kappa shape index (κ1) is 12.6. The molecule has 0 bridgehead atoms. The van der Waals surface area contributed by atoms with Gasteiger partial charge in [0.1, 0.15) is 5.82 Å². The van der Waals surface area contributed by atoms with Crippen LogP contribution >= 0.6 is 0 Å². The van der Waals surface area contributed by atoms with Crippen molar-refractivity contribution >= 4 is 0 Å². The SMILES string of the molecule is CCC1CCC(C(O)c2cc(C)ccc2F)C1. The van der Waals surface area contributed by atoms with Crippen LogP contribution in [0.15, 0.2) is 18.2 Å². The topological polar surface area (TPSA) is 20.2 Å². The smallest absolute Gasteiger partial charge is 0.129 e. The highest BCUT2D eigenvalue weighted by Crippen LogP contribution is 2.40. The lowest BCUT2D eigenvalue weighted by atomic mass is 9.92. The van der Waals surface area contributed by atoms with E-state index < -0.39 is 6.10 Å². The number of halogens is 1. The van der Waals surface area contributed by atoms with E-state index in [9.17, 15) is 9.50 Å². The first-order valence-electron chi connectivity index (χ1n) is 6.56. The molecule has 0 saturated heterocycles. The van der Waals surface area contributed by atoms with Gasteiger partial charge in [0.2, 0.25) is 0 Å². The maximum Gasteiger partial charge on any atom is 0.129 e. The van der Waals surface area contributed by atoms with E-state index in [1.807, 2.05) is 6.92 Å². The van der Waals surface area contributed by atoms with E-state index in [2.05, 4.69) is 6.92 Å². The zero-order valence-electron chi connectivity index (χ0n) is 10.6. The van der Waals surface area contributed by atoms with Gasteiger partial charge in [-0.05, 0) is 37.7 Å². The van der Waals surface area contributed by atoms with E-state index in [-0.39, 0.29) is 11.7 Å².